The molecule has 0 saturated heterocycles. The Morgan fingerprint density at radius 1 is 0.967 bits per heavy atom. The Morgan fingerprint density at radius 2 is 1.57 bits per heavy atom. The first-order chi connectivity index (χ1) is 14.1. The van der Waals surface area contributed by atoms with Gasteiger partial charge >= 0.3 is 5.97 Å². The van der Waals surface area contributed by atoms with Gasteiger partial charge in [0.1, 0.15) is 12.1 Å². The zero-order valence-electron chi connectivity index (χ0n) is 16.7. The Labute approximate surface area is 173 Å². The molecule has 1 rings (SSSR count). The molecule has 0 aliphatic carbocycles. The molecule has 1 aromatic carbocycles. The van der Waals surface area contributed by atoms with Crippen molar-refractivity contribution in [3.63, 3.8) is 0 Å². The summed E-state index contributed by atoms with van der Waals surface area (Å²) in [5, 5.41) is 34.5. The van der Waals surface area contributed by atoms with Gasteiger partial charge in [0.2, 0.25) is 17.7 Å². The van der Waals surface area contributed by atoms with Gasteiger partial charge in [-0.1, -0.05) is 30.3 Å². The number of aliphatic carboxylic acids is 1. The van der Waals surface area contributed by atoms with Crippen molar-refractivity contribution in [3.8, 4) is 0 Å². The third-order valence-electron chi connectivity index (χ3n) is 4.25. The number of hydrogen-bond donors (Lipinski definition) is 7. The van der Waals surface area contributed by atoms with Crippen LogP contribution >= 0.6 is 0 Å². The maximum Gasteiger partial charge on any atom is 0.328 e. The molecule has 0 aliphatic heterocycles. The zero-order chi connectivity index (χ0) is 22.8. The molecule has 11 nitrogen and oxygen atoms in total. The van der Waals surface area contributed by atoms with E-state index in [0.29, 0.717) is 0 Å². The van der Waals surface area contributed by atoms with Gasteiger partial charge in [-0.3, -0.25) is 14.4 Å². The number of nitrogens with two attached hydrogens (primary N) is 1. The van der Waals surface area contributed by atoms with E-state index < -0.39 is 60.6 Å². The lowest BCUT2D eigenvalue weighted by Gasteiger charge is -2.23. The Balaban J connectivity index is 2.63. The standard InChI is InChI=1S/C19H28N4O7/c1-10(16(26)23-15(11(2)25)19(29)30)21-18(28)14(9-24)22-17(27)13(20)8-12-6-4-3-5-7-12/h3-7,10-11,13-15,24-25H,8-9,20H2,1-2H3,(H,21,28)(H,22,27)(H,23,26)(H,29,30). The topological polar surface area (TPSA) is 191 Å². The molecule has 30 heavy (non-hydrogen) atoms. The van der Waals surface area contributed by atoms with E-state index in [1.54, 1.807) is 24.3 Å². The first-order valence-corrected chi connectivity index (χ1v) is 9.29. The van der Waals surface area contributed by atoms with Gasteiger partial charge in [0.05, 0.1) is 18.8 Å². The monoisotopic (exact) mass is 424 g/mol. The molecule has 11 heteroatoms. The van der Waals surface area contributed by atoms with E-state index >= 15 is 0 Å². The van der Waals surface area contributed by atoms with Crippen LogP contribution in [0.1, 0.15) is 19.4 Å². The van der Waals surface area contributed by atoms with E-state index in [-0.39, 0.29) is 6.42 Å². The minimum Gasteiger partial charge on any atom is -0.480 e. The second-order valence-electron chi connectivity index (χ2n) is 6.84. The van der Waals surface area contributed by atoms with Crippen LogP contribution < -0.4 is 21.7 Å². The third-order valence-corrected chi connectivity index (χ3v) is 4.25. The summed E-state index contributed by atoms with van der Waals surface area (Å²) in [5.74, 6) is -3.82. The summed E-state index contributed by atoms with van der Waals surface area (Å²) in [5.41, 5.74) is 6.67. The average molecular weight is 424 g/mol. The average Bonchev–Trinajstić information content (AvgIpc) is 2.69. The fourth-order valence-electron chi connectivity index (χ4n) is 2.48. The lowest BCUT2D eigenvalue weighted by atomic mass is 10.1. The third kappa shape index (κ3) is 7.78. The van der Waals surface area contributed by atoms with E-state index in [0.717, 1.165) is 5.56 Å². The summed E-state index contributed by atoms with van der Waals surface area (Å²) in [7, 11) is 0. The largest absolute Gasteiger partial charge is 0.480 e. The van der Waals surface area contributed by atoms with Crippen molar-refractivity contribution in [3.05, 3.63) is 35.9 Å². The number of aliphatic hydroxyl groups excluding tert-OH is 2. The van der Waals surface area contributed by atoms with Crippen LogP contribution in [-0.2, 0) is 25.6 Å². The number of nitrogens with one attached hydrogen (secondary N) is 3. The maximum atomic E-state index is 12.3. The molecular weight excluding hydrogens is 396 g/mol. The summed E-state index contributed by atoms with van der Waals surface area (Å²) in [6, 6.07) is 3.93. The molecule has 0 spiro atoms. The van der Waals surface area contributed by atoms with Crippen LogP contribution in [0.25, 0.3) is 0 Å². The second kappa shape index (κ2) is 11.9. The molecule has 0 heterocycles. The molecule has 3 amide bonds. The Bertz CT molecular complexity index is 742. The Hall–Kier alpha value is -3.02. The lowest BCUT2D eigenvalue weighted by Crippen LogP contribution is -2.58. The van der Waals surface area contributed by atoms with Crippen molar-refractivity contribution >= 4 is 23.7 Å². The summed E-state index contributed by atoms with van der Waals surface area (Å²) >= 11 is 0. The van der Waals surface area contributed by atoms with Gasteiger partial charge in [0.25, 0.3) is 0 Å². The first kappa shape index (κ1) is 25.0. The first-order valence-electron chi connectivity index (χ1n) is 9.29. The number of carbonyl (C=O) groups excluding carboxylic acids is 3. The number of aliphatic hydroxyl groups is 2. The molecule has 0 saturated carbocycles. The highest BCUT2D eigenvalue weighted by Crippen LogP contribution is 2.02. The van der Waals surface area contributed by atoms with Crippen molar-refractivity contribution in [2.75, 3.05) is 6.61 Å². The molecule has 0 bridgehead atoms. The normalized spacial score (nSPS) is 15.8. The molecule has 1 aromatic rings. The second-order valence-corrected chi connectivity index (χ2v) is 6.84. The number of hydrogen-bond acceptors (Lipinski definition) is 7. The predicted octanol–water partition coefficient (Wildman–Crippen LogP) is -2.51. The number of benzene rings is 1. The predicted molar refractivity (Wildman–Crippen MR) is 106 cm³/mol. The smallest absolute Gasteiger partial charge is 0.328 e. The summed E-state index contributed by atoms with van der Waals surface area (Å²) in [6.45, 7) is 1.74. The van der Waals surface area contributed by atoms with Crippen LogP contribution in [0.4, 0.5) is 0 Å². The number of carboxylic acid groups (broad SMARTS) is 1. The van der Waals surface area contributed by atoms with Gasteiger partial charge in [-0.2, -0.15) is 0 Å². The zero-order valence-corrected chi connectivity index (χ0v) is 16.7. The Morgan fingerprint density at radius 3 is 2.07 bits per heavy atom. The van der Waals surface area contributed by atoms with Crippen LogP contribution in [0.2, 0.25) is 0 Å². The summed E-state index contributed by atoms with van der Waals surface area (Å²) < 4.78 is 0. The van der Waals surface area contributed by atoms with E-state index in [9.17, 15) is 29.4 Å². The van der Waals surface area contributed by atoms with E-state index in [1.807, 2.05) is 6.07 Å². The van der Waals surface area contributed by atoms with E-state index in [1.165, 1.54) is 13.8 Å². The van der Waals surface area contributed by atoms with E-state index in [2.05, 4.69) is 16.0 Å². The minimum atomic E-state index is -1.55. The highest BCUT2D eigenvalue weighted by atomic mass is 16.4. The number of rotatable bonds is 11. The number of carboxylic acids is 1. The fourth-order valence-corrected chi connectivity index (χ4v) is 2.48. The SMILES string of the molecule is CC(NC(=O)C(CO)NC(=O)C(N)Cc1ccccc1)C(=O)NC(C(=O)O)C(C)O. The van der Waals surface area contributed by atoms with Crippen molar-refractivity contribution in [2.24, 2.45) is 5.73 Å². The van der Waals surface area contributed by atoms with Crippen molar-refractivity contribution < 1.29 is 34.5 Å². The van der Waals surface area contributed by atoms with Crippen LogP contribution in [0.15, 0.2) is 30.3 Å². The molecule has 0 aromatic heterocycles. The highest BCUT2D eigenvalue weighted by molar-refractivity contribution is 5.94. The Kier molecular flexibility index (Phi) is 9.89. The molecular formula is C19H28N4O7. The molecule has 0 fully saturated rings. The molecule has 0 radical (unpaired) electrons. The molecule has 5 unspecified atom stereocenters. The quantitative estimate of drug-likeness (QED) is 0.202. The van der Waals surface area contributed by atoms with Crippen molar-refractivity contribution in [2.45, 2.75) is 50.5 Å². The summed E-state index contributed by atoms with van der Waals surface area (Å²) in [6.07, 6.45) is -1.13. The number of amides is 3. The minimum absolute atomic E-state index is 0.223. The van der Waals surface area contributed by atoms with Crippen LogP contribution in [-0.4, -0.2) is 75.9 Å². The lowest BCUT2D eigenvalue weighted by molar-refractivity contribution is -0.145. The van der Waals surface area contributed by atoms with Crippen LogP contribution in [0, 0.1) is 0 Å². The van der Waals surface area contributed by atoms with E-state index in [4.69, 9.17) is 10.8 Å². The van der Waals surface area contributed by atoms with Gasteiger partial charge in [0.15, 0.2) is 6.04 Å². The van der Waals surface area contributed by atoms with Crippen molar-refractivity contribution in [1.29, 1.82) is 0 Å². The van der Waals surface area contributed by atoms with Crippen molar-refractivity contribution in [1.82, 2.24) is 16.0 Å². The van der Waals surface area contributed by atoms with Gasteiger partial charge in [0, 0.05) is 0 Å². The van der Waals surface area contributed by atoms with Gasteiger partial charge in [-0.15, -0.1) is 0 Å². The molecule has 5 atom stereocenters. The maximum absolute atomic E-state index is 12.3. The molecule has 8 N–H and O–H groups in total. The number of carbonyl (C=O) groups is 4. The fraction of sp³-hybridized carbons (Fsp3) is 0.474. The molecule has 166 valence electrons. The summed E-state index contributed by atoms with van der Waals surface area (Å²) in [4.78, 5) is 47.6. The molecule has 0 aliphatic rings. The van der Waals surface area contributed by atoms with Gasteiger partial charge in [-0.25, -0.2) is 4.79 Å². The van der Waals surface area contributed by atoms with Gasteiger partial charge in [-0.05, 0) is 25.8 Å². The highest BCUT2D eigenvalue weighted by Gasteiger charge is 2.29. The van der Waals surface area contributed by atoms with Crippen LogP contribution in [0.3, 0.4) is 0 Å². The van der Waals surface area contributed by atoms with Gasteiger partial charge < -0.3 is 37.0 Å². The van der Waals surface area contributed by atoms with Crippen LogP contribution in [0.5, 0.6) is 0 Å².